The molecular formula is C47H51BN2O. The average molecular weight is 671 g/mol. The molecule has 0 bridgehead atoms. The largest absolute Gasteiger partial charge is 0.469 e. The zero-order chi connectivity index (χ0) is 35.8. The summed E-state index contributed by atoms with van der Waals surface area (Å²) in [5.74, 6) is 0.129. The van der Waals surface area contributed by atoms with Crippen molar-refractivity contribution in [2.75, 3.05) is 9.80 Å². The number of aryl methyl sites for hydroxylation is 2. The fraction of sp³-hybridized carbons (Fsp3) is 0.362. The summed E-state index contributed by atoms with van der Waals surface area (Å²) in [6.45, 7) is 23.7. The quantitative estimate of drug-likeness (QED) is 0.174. The van der Waals surface area contributed by atoms with E-state index < -0.39 is 0 Å². The van der Waals surface area contributed by atoms with Gasteiger partial charge in [0.2, 0.25) is 0 Å². The van der Waals surface area contributed by atoms with E-state index in [9.17, 15) is 0 Å². The van der Waals surface area contributed by atoms with Crippen molar-refractivity contribution in [1.29, 1.82) is 0 Å². The molecule has 3 nitrogen and oxygen atoms in total. The maximum Gasteiger partial charge on any atom is 0.273 e. The lowest BCUT2D eigenvalue weighted by Crippen LogP contribution is -2.66. The smallest absolute Gasteiger partial charge is 0.273 e. The molecule has 4 aliphatic rings. The van der Waals surface area contributed by atoms with E-state index >= 15 is 0 Å². The third-order valence-corrected chi connectivity index (χ3v) is 13.0. The molecule has 4 heteroatoms. The first-order valence-corrected chi connectivity index (χ1v) is 19.0. The minimum Gasteiger partial charge on any atom is -0.469 e. The molecule has 1 aromatic heterocycles. The first-order chi connectivity index (χ1) is 24.1. The molecule has 5 aromatic rings. The van der Waals surface area contributed by atoms with Gasteiger partial charge in [0.05, 0.1) is 16.9 Å². The Hall–Kier alpha value is -4.44. The van der Waals surface area contributed by atoms with Crippen molar-refractivity contribution in [1.82, 2.24) is 0 Å². The lowest BCUT2D eigenvalue weighted by atomic mass is 9.28. The third-order valence-electron chi connectivity index (χ3n) is 13.0. The Bertz CT molecular complexity index is 2300. The fourth-order valence-electron chi connectivity index (χ4n) is 10.0. The first kappa shape index (κ1) is 32.5. The number of rotatable bonds is 2. The van der Waals surface area contributed by atoms with Crippen LogP contribution in [0.3, 0.4) is 0 Å². The summed E-state index contributed by atoms with van der Waals surface area (Å²) in [5.41, 5.74) is 16.3. The molecule has 2 aliphatic heterocycles. The monoisotopic (exact) mass is 670 g/mol. The van der Waals surface area contributed by atoms with Gasteiger partial charge in [-0.2, -0.15) is 0 Å². The number of benzene rings is 4. The predicted molar refractivity (Wildman–Crippen MR) is 218 cm³/mol. The summed E-state index contributed by atoms with van der Waals surface area (Å²) in [5, 5.41) is 1.22. The predicted octanol–water partition coefficient (Wildman–Crippen LogP) is 11.6. The van der Waals surface area contributed by atoms with Gasteiger partial charge >= 0.3 is 0 Å². The van der Waals surface area contributed by atoms with Crippen molar-refractivity contribution < 1.29 is 4.42 Å². The maximum atomic E-state index is 7.41. The van der Waals surface area contributed by atoms with Gasteiger partial charge in [-0.3, -0.25) is 0 Å². The van der Waals surface area contributed by atoms with Crippen molar-refractivity contribution in [2.24, 2.45) is 5.41 Å². The zero-order valence-corrected chi connectivity index (χ0v) is 32.1. The lowest BCUT2D eigenvalue weighted by Gasteiger charge is -2.56. The van der Waals surface area contributed by atoms with E-state index in [-0.39, 0.29) is 34.3 Å². The van der Waals surface area contributed by atoms with Crippen LogP contribution in [0.15, 0.2) is 107 Å². The van der Waals surface area contributed by atoms with Crippen LogP contribution in [0.5, 0.6) is 0 Å². The van der Waals surface area contributed by atoms with E-state index in [0.29, 0.717) is 0 Å². The van der Waals surface area contributed by atoms with Crippen LogP contribution >= 0.6 is 0 Å². The van der Waals surface area contributed by atoms with Crippen molar-refractivity contribution in [2.45, 2.75) is 104 Å². The molecule has 9 rings (SSSR count). The standard InChI is InChI=1S/C47H51BN2O/c1-29-16-14-17-30(2)41(29)50-37-21-15-20-36-40(37)48(39-26-31(44(3,4)5)22-23-47(39,50)10)43-42(49(36)32-18-12-11-13-19-32)33-27-34-35(28-38(33)51-43)46(8,9)25-24-45(34,6)7/h11-23,26-28,39H,24-25H2,1-10H3. The van der Waals surface area contributed by atoms with Crippen LogP contribution in [0.25, 0.3) is 11.0 Å². The van der Waals surface area contributed by atoms with Gasteiger partial charge in [0, 0.05) is 28.1 Å². The summed E-state index contributed by atoms with van der Waals surface area (Å²) in [6.07, 6.45) is 9.88. The number of hydrogen-bond donors (Lipinski definition) is 0. The minimum atomic E-state index is -0.337. The number of hydrogen-bond acceptors (Lipinski definition) is 3. The Labute approximate surface area is 305 Å². The van der Waals surface area contributed by atoms with E-state index in [4.69, 9.17) is 4.42 Å². The highest BCUT2D eigenvalue weighted by atomic mass is 16.3. The topological polar surface area (TPSA) is 19.6 Å². The Kier molecular flexibility index (Phi) is 6.72. The Morgan fingerprint density at radius 1 is 0.745 bits per heavy atom. The number of fused-ring (bicyclic) bond motifs is 7. The van der Waals surface area contributed by atoms with Gasteiger partial charge in [0.15, 0.2) is 0 Å². The highest BCUT2D eigenvalue weighted by Crippen LogP contribution is 2.56. The SMILES string of the molecule is Cc1cccc(C)c1N1c2cccc3c2B(c2oc4cc5c(cc4c2N3c2ccccc2)C(C)(C)CCC5(C)C)C2C=C(C(C)(C)C)C=CC21C. The van der Waals surface area contributed by atoms with Crippen LogP contribution in [-0.2, 0) is 10.8 Å². The molecule has 0 saturated heterocycles. The van der Waals surface area contributed by atoms with Gasteiger partial charge in [0.25, 0.3) is 6.71 Å². The summed E-state index contributed by atoms with van der Waals surface area (Å²) in [4.78, 5) is 5.19. The Morgan fingerprint density at radius 2 is 1.37 bits per heavy atom. The molecular weight excluding hydrogens is 619 g/mol. The number of anilines is 5. The fourth-order valence-corrected chi connectivity index (χ4v) is 10.0. The number of allylic oxidation sites excluding steroid dienone is 2. The highest BCUT2D eigenvalue weighted by molar-refractivity contribution is 6.91. The number of para-hydroxylation sites is 2. The second-order valence-corrected chi connectivity index (χ2v) is 18.4. The van der Waals surface area contributed by atoms with Crippen LogP contribution in [0.4, 0.5) is 28.4 Å². The lowest BCUT2D eigenvalue weighted by molar-refractivity contribution is 0.332. The number of nitrogens with zero attached hydrogens (tertiary/aromatic N) is 2. The first-order valence-electron chi connectivity index (χ1n) is 19.0. The highest BCUT2D eigenvalue weighted by Gasteiger charge is 2.57. The van der Waals surface area contributed by atoms with Crippen LogP contribution < -0.4 is 20.9 Å². The molecule has 0 amide bonds. The van der Waals surface area contributed by atoms with Gasteiger partial charge in [-0.15, -0.1) is 0 Å². The zero-order valence-electron chi connectivity index (χ0n) is 32.1. The molecule has 0 saturated carbocycles. The van der Waals surface area contributed by atoms with Crippen LogP contribution in [0.1, 0.15) is 90.5 Å². The second-order valence-electron chi connectivity index (χ2n) is 18.4. The summed E-state index contributed by atoms with van der Waals surface area (Å²) in [6, 6.07) is 29.6. The van der Waals surface area contributed by atoms with E-state index in [0.717, 1.165) is 16.9 Å². The third kappa shape index (κ3) is 4.50. The van der Waals surface area contributed by atoms with Crippen LogP contribution in [-0.4, -0.2) is 12.3 Å². The van der Waals surface area contributed by atoms with Crippen LogP contribution in [0.2, 0.25) is 5.82 Å². The van der Waals surface area contributed by atoms with Crippen LogP contribution in [0, 0.1) is 19.3 Å². The average Bonchev–Trinajstić information content (AvgIpc) is 3.45. The molecule has 0 radical (unpaired) electrons. The van der Waals surface area contributed by atoms with Gasteiger partial charge in [-0.25, -0.2) is 0 Å². The molecule has 0 fully saturated rings. The molecule has 2 atom stereocenters. The molecule has 2 unspecified atom stereocenters. The van der Waals surface area contributed by atoms with Gasteiger partial charge < -0.3 is 14.2 Å². The van der Waals surface area contributed by atoms with Gasteiger partial charge in [-0.05, 0) is 125 Å². The number of furan rings is 1. The summed E-state index contributed by atoms with van der Waals surface area (Å²) in [7, 11) is 0. The van der Waals surface area contributed by atoms with E-state index in [2.05, 4.69) is 176 Å². The summed E-state index contributed by atoms with van der Waals surface area (Å²) < 4.78 is 7.41. The molecule has 258 valence electrons. The molecule has 0 N–H and O–H groups in total. The maximum absolute atomic E-state index is 7.41. The van der Waals surface area contributed by atoms with Crippen molar-refractivity contribution in [3.05, 3.63) is 125 Å². The van der Waals surface area contributed by atoms with E-state index in [1.807, 2.05) is 0 Å². The molecule has 3 heterocycles. The van der Waals surface area contributed by atoms with Crippen molar-refractivity contribution in [3.63, 3.8) is 0 Å². The van der Waals surface area contributed by atoms with E-state index in [1.165, 1.54) is 74.3 Å². The molecule has 2 aliphatic carbocycles. The molecule has 0 spiro atoms. The van der Waals surface area contributed by atoms with Gasteiger partial charge in [0.1, 0.15) is 5.58 Å². The van der Waals surface area contributed by atoms with Gasteiger partial charge in [-0.1, -0.05) is 109 Å². The molecule has 4 aromatic carbocycles. The Balaban J connectivity index is 1.42. The van der Waals surface area contributed by atoms with Crippen molar-refractivity contribution in [3.8, 4) is 0 Å². The molecule has 51 heavy (non-hydrogen) atoms. The Morgan fingerprint density at radius 3 is 2.04 bits per heavy atom. The second kappa shape index (κ2) is 10.6. The minimum absolute atomic E-state index is 0.0126. The normalized spacial score (nSPS) is 22.7. The van der Waals surface area contributed by atoms with E-state index in [1.54, 1.807) is 0 Å². The summed E-state index contributed by atoms with van der Waals surface area (Å²) >= 11 is 0. The van der Waals surface area contributed by atoms with Crippen molar-refractivity contribution >= 4 is 57.2 Å².